The van der Waals surface area contributed by atoms with Crippen LogP contribution in [0.3, 0.4) is 0 Å². The molecule has 2 aromatic carbocycles. The van der Waals surface area contributed by atoms with Gasteiger partial charge >= 0.3 is 0 Å². The summed E-state index contributed by atoms with van der Waals surface area (Å²) in [6.07, 6.45) is 4.00. The summed E-state index contributed by atoms with van der Waals surface area (Å²) in [5.41, 5.74) is 4.37. The Kier molecular flexibility index (Phi) is 3.87. The number of H-pyrrole nitrogens is 1. The van der Waals surface area contributed by atoms with Crippen LogP contribution in [0.15, 0.2) is 54.9 Å². The lowest BCUT2D eigenvalue weighted by Gasteiger charge is -2.17. The highest BCUT2D eigenvalue weighted by molar-refractivity contribution is 5.85. The molecule has 0 saturated carbocycles. The summed E-state index contributed by atoms with van der Waals surface area (Å²) in [6, 6.07) is 14.0. The molecule has 0 aliphatic rings. The molecule has 3 heteroatoms. The Hall–Kier alpha value is -2.55. The van der Waals surface area contributed by atoms with Gasteiger partial charge < -0.3 is 9.55 Å². The van der Waals surface area contributed by atoms with Crippen molar-refractivity contribution in [2.75, 3.05) is 0 Å². The lowest BCUT2D eigenvalue weighted by Crippen LogP contribution is -2.07. The minimum Gasteiger partial charge on any atom is -0.361 e. The van der Waals surface area contributed by atoms with E-state index in [-0.39, 0.29) is 11.7 Å². The number of halogens is 1. The van der Waals surface area contributed by atoms with Crippen LogP contribution in [0, 0.1) is 5.82 Å². The van der Waals surface area contributed by atoms with Crippen LogP contribution in [0.5, 0.6) is 0 Å². The second-order valence-corrected chi connectivity index (χ2v) is 7.20. The monoisotopic (exact) mass is 334 g/mol. The summed E-state index contributed by atoms with van der Waals surface area (Å²) in [6.45, 7) is 7.29. The second kappa shape index (κ2) is 6.07. The summed E-state index contributed by atoms with van der Waals surface area (Å²) in [5, 5.41) is 2.27. The molecular formula is C22H23FN2. The van der Waals surface area contributed by atoms with E-state index in [0.29, 0.717) is 5.92 Å². The fourth-order valence-corrected chi connectivity index (χ4v) is 3.93. The van der Waals surface area contributed by atoms with Crippen molar-refractivity contribution in [3.05, 3.63) is 71.8 Å². The van der Waals surface area contributed by atoms with Crippen LogP contribution in [0.2, 0.25) is 0 Å². The van der Waals surface area contributed by atoms with Gasteiger partial charge in [-0.25, -0.2) is 4.39 Å². The molecule has 2 nitrogen and oxygen atoms in total. The Balaban J connectivity index is 1.75. The molecule has 128 valence electrons. The highest BCUT2D eigenvalue weighted by Gasteiger charge is 2.17. The van der Waals surface area contributed by atoms with E-state index in [4.69, 9.17) is 0 Å². The molecule has 1 atom stereocenters. The number of fused-ring (bicyclic) bond motifs is 2. The molecule has 0 fully saturated rings. The maximum atomic E-state index is 14.5. The summed E-state index contributed by atoms with van der Waals surface area (Å²) < 4.78 is 16.8. The van der Waals surface area contributed by atoms with Gasteiger partial charge in [-0.3, -0.25) is 0 Å². The highest BCUT2D eigenvalue weighted by Crippen LogP contribution is 2.31. The predicted octanol–water partition coefficient (Wildman–Crippen LogP) is 6.19. The maximum Gasteiger partial charge on any atom is 0.127 e. The Morgan fingerprint density at radius 2 is 1.84 bits per heavy atom. The van der Waals surface area contributed by atoms with Crippen LogP contribution in [-0.2, 0) is 6.54 Å². The zero-order valence-corrected chi connectivity index (χ0v) is 14.9. The predicted molar refractivity (Wildman–Crippen MR) is 103 cm³/mol. The van der Waals surface area contributed by atoms with Crippen LogP contribution in [-0.4, -0.2) is 9.55 Å². The lowest BCUT2D eigenvalue weighted by atomic mass is 9.96. The van der Waals surface area contributed by atoms with Crippen LogP contribution in [0.25, 0.3) is 21.8 Å². The third-order valence-corrected chi connectivity index (χ3v) is 5.16. The Labute approximate surface area is 147 Å². The Bertz CT molecular complexity index is 1040. The Morgan fingerprint density at radius 3 is 2.64 bits per heavy atom. The fourth-order valence-electron chi connectivity index (χ4n) is 3.93. The molecular weight excluding hydrogens is 311 g/mol. The first kappa shape index (κ1) is 15.9. The van der Waals surface area contributed by atoms with E-state index < -0.39 is 0 Å². The van der Waals surface area contributed by atoms with Gasteiger partial charge in [0, 0.05) is 52.2 Å². The molecule has 4 aromatic rings. The molecule has 2 heterocycles. The van der Waals surface area contributed by atoms with Gasteiger partial charge in [-0.2, -0.15) is 0 Å². The molecule has 2 aromatic heterocycles. The topological polar surface area (TPSA) is 20.7 Å². The van der Waals surface area contributed by atoms with E-state index in [1.54, 1.807) is 12.1 Å². The maximum absolute atomic E-state index is 14.5. The van der Waals surface area contributed by atoms with E-state index in [1.165, 1.54) is 16.5 Å². The number of rotatable bonds is 4. The van der Waals surface area contributed by atoms with Gasteiger partial charge in [0.1, 0.15) is 5.82 Å². The van der Waals surface area contributed by atoms with Gasteiger partial charge in [-0.1, -0.05) is 32.9 Å². The van der Waals surface area contributed by atoms with E-state index in [1.807, 2.05) is 12.3 Å². The van der Waals surface area contributed by atoms with Crippen molar-refractivity contribution in [2.45, 2.75) is 39.2 Å². The first-order chi connectivity index (χ1) is 12.1. The molecule has 0 bridgehead atoms. The van der Waals surface area contributed by atoms with E-state index in [9.17, 15) is 4.39 Å². The van der Waals surface area contributed by atoms with Crippen molar-refractivity contribution in [3.8, 4) is 0 Å². The third-order valence-electron chi connectivity index (χ3n) is 5.16. The second-order valence-electron chi connectivity index (χ2n) is 7.20. The van der Waals surface area contributed by atoms with Crippen molar-refractivity contribution in [2.24, 2.45) is 0 Å². The van der Waals surface area contributed by atoms with Crippen LogP contribution in [0.4, 0.5) is 4.39 Å². The molecule has 0 aliphatic heterocycles. The van der Waals surface area contributed by atoms with Crippen LogP contribution < -0.4 is 0 Å². The number of benzene rings is 2. The summed E-state index contributed by atoms with van der Waals surface area (Å²) in [7, 11) is 0. The Morgan fingerprint density at radius 1 is 1.00 bits per heavy atom. The van der Waals surface area contributed by atoms with Gasteiger partial charge in [0.2, 0.25) is 0 Å². The van der Waals surface area contributed by atoms with Gasteiger partial charge in [0.25, 0.3) is 0 Å². The van der Waals surface area contributed by atoms with E-state index in [0.717, 1.165) is 23.0 Å². The molecule has 0 radical (unpaired) electrons. The quantitative estimate of drug-likeness (QED) is 0.459. The molecule has 1 N–H and O–H groups in total. The van der Waals surface area contributed by atoms with Crippen molar-refractivity contribution >= 4 is 21.8 Å². The molecule has 0 saturated heterocycles. The number of aromatic nitrogens is 2. The normalized spacial score (nSPS) is 13.2. The number of nitrogens with one attached hydrogen (secondary N) is 1. The zero-order valence-electron chi connectivity index (χ0n) is 14.9. The third kappa shape index (κ3) is 2.64. The smallest absolute Gasteiger partial charge is 0.127 e. The fraction of sp³-hybridized carbons (Fsp3) is 0.273. The summed E-state index contributed by atoms with van der Waals surface area (Å²) >= 11 is 0. The van der Waals surface area contributed by atoms with E-state index in [2.05, 4.69) is 60.8 Å². The molecule has 4 rings (SSSR count). The van der Waals surface area contributed by atoms with Crippen molar-refractivity contribution in [3.63, 3.8) is 0 Å². The number of aromatic amines is 1. The van der Waals surface area contributed by atoms with Gasteiger partial charge in [0.05, 0.1) is 0 Å². The number of hydrogen-bond acceptors (Lipinski definition) is 0. The van der Waals surface area contributed by atoms with Crippen molar-refractivity contribution in [1.82, 2.24) is 9.55 Å². The lowest BCUT2D eigenvalue weighted by molar-refractivity contribution is 0.557. The van der Waals surface area contributed by atoms with Gasteiger partial charge in [-0.05, 0) is 41.8 Å². The largest absolute Gasteiger partial charge is 0.361 e. The minimum atomic E-state index is -0.126. The average Bonchev–Trinajstić information content (AvgIpc) is 3.21. The highest BCUT2D eigenvalue weighted by atomic mass is 19.1. The molecule has 1 unspecified atom stereocenters. The first-order valence-corrected chi connectivity index (χ1v) is 8.89. The summed E-state index contributed by atoms with van der Waals surface area (Å²) in [4.78, 5) is 3.18. The molecule has 0 amide bonds. The summed E-state index contributed by atoms with van der Waals surface area (Å²) in [5.74, 6) is 0.444. The zero-order chi connectivity index (χ0) is 17.6. The van der Waals surface area contributed by atoms with Crippen molar-refractivity contribution in [1.29, 1.82) is 0 Å². The standard InChI is InChI=1S/C22H23FN2/c1-14(2)16-5-4-6-21-17(16)10-12-25(21)13-15(3)22-18-9-11-24-20(18)8-7-19(22)23/h4-12,14-15,24H,13H2,1-3H3. The number of nitrogens with zero attached hydrogens (tertiary/aromatic N) is 1. The minimum absolute atomic E-state index is 0.0813. The molecule has 0 spiro atoms. The molecule has 0 aliphatic carbocycles. The molecule has 25 heavy (non-hydrogen) atoms. The SMILES string of the molecule is CC(C)c1cccc2c1ccn2CC(C)c1c(F)ccc2[nH]ccc12. The average molecular weight is 334 g/mol. The first-order valence-electron chi connectivity index (χ1n) is 8.89. The van der Waals surface area contributed by atoms with E-state index >= 15 is 0 Å². The van der Waals surface area contributed by atoms with Crippen LogP contribution in [0.1, 0.15) is 43.7 Å². The van der Waals surface area contributed by atoms with Crippen molar-refractivity contribution < 1.29 is 4.39 Å². The van der Waals surface area contributed by atoms with Gasteiger partial charge in [0.15, 0.2) is 0 Å². The number of hydrogen-bond donors (Lipinski definition) is 1. The van der Waals surface area contributed by atoms with Gasteiger partial charge in [-0.15, -0.1) is 0 Å². The van der Waals surface area contributed by atoms with Crippen LogP contribution >= 0.6 is 0 Å².